The van der Waals surface area contributed by atoms with Crippen molar-refractivity contribution in [2.24, 2.45) is 0 Å². The molecule has 0 fully saturated rings. The zero-order chi connectivity index (χ0) is 21.4. The van der Waals surface area contributed by atoms with E-state index in [1.807, 2.05) is 18.2 Å². The fraction of sp³-hybridized carbons (Fsp3) is 0.192. The predicted molar refractivity (Wildman–Crippen MR) is 117 cm³/mol. The van der Waals surface area contributed by atoms with E-state index in [1.54, 1.807) is 42.5 Å². The van der Waals surface area contributed by atoms with Crippen LogP contribution in [0.15, 0.2) is 72.8 Å². The molecular formula is C26H22N2O3. The van der Waals surface area contributed by atoms with E-state index in [1.165, 1.54) is 16.0 Å². The lowest BCUT2D eigenvalue weighted by molar-refractivity contribution is 0.0642. The minimum atomic E-state index is -0.297. The highest BCUT2D eigenvalue weighted by molar-refractivity contribution is 6.21. The van der Waals surface area contributed by atoms with Gasteiger partial charge < -0.3 is 5.32 Å². The smallest absolute Gasteiger partial charge is 0.261 e. The van der Waals surface area contributed by atoms with Gasteiger partial charge in [-0.2, -0.15) is 0 Å². The number of carbonyl (C=O) groups excluding carboxylic acids is 3. The Kier molecular flexibility index (Phi) is 4.86. The molecule has 0 radical (unpaired) electrons. The number of aryl methyl sites for hydroxylation is 1. The van der Waals surface area contributed by atoms with Crippen LogP contribution in [0.4, 0.5) is 0 Å². The van der Waals surface area contributed by atoms with Crippen molar-refractivity contribution in [2.45, 2.75) is 31.8 Å². The summed E-state index contributed by atoms with van der Waals surface area (Å²) in [5, 5.41) is 3.16. The van der Waals surface area contributed by atoms with Crippen molar-refractivity contribution >= 4 is 17.7 Å². The molecule has 1 heterocycles. The monoisotopic (exact) mass is 410 g/mol. The molecule has 5 rings (SSSR count). The summed E-state index contributed by atoms with van der Waals surface area (Å²) in [6, 6.07) is 22.2. The second-order valence-electron chi connectivity index (χ2n) is 8.06. The van der Waals surface area contributed by atoms with Gasteiger partial charge in [-0.3, -0.25) is 19.3 Å². The third-order valence-electron chi connectivity index (χ3n) is 6.08. The van der Waals surface area contributed by atoms with E-state index in [9.17, 15) is 14.4 Å². The Morgan fingerprint density at radius 3 is 2.39 bits per heavy atom. The third kappa shape index (κ3) is 3.52. The second-order valence-corrected chi connectivity index (χ2v) is 8.06. The molecule has 154 valence electrons. The molecule has 5 heteroatoms. The zero-order valence-electron chi connectivity index (χ0n) is 17.0. The van der Waals surface area contributed by atoms with E-state index in [2.05, 4.69) is 17.4 Å². The number of nitrogens with one attached hydrogen (secondary N) is 1. The van der Waals surface area contributed by atoms with E-state index in [4.69, 9.17) is 0 Å². The van der Waals surface area contributed by atoms with Crippen molar-refractivity contribution in [3.05, 3.63) is 106 Å². The molecule has 1 aliphatic carbocycles. The molecule has 0 saturated carbocycles. The van der Waals surface area contributed by atoms with Crippen LogP contribution in [0.25, 0.3) is 0 Å². The van der Waals surface area contributed by atoms with Crippen LogP contribution in [0.3, 0.4) is 0 Å². The highest BCUT2D eigenvalue weighted by atomic mass is 16.2. The van der Waals surface area contributed by atoms with E-state index < -0.39 is 0 Å². The number of fused-ring (bicyclic) bond motifs is 2. The standard InChI is InChI=1S/C26H22N2O3/c29-24(27-23-14-6-9-18-8-1-2-11-20(18)23)19-10-5-7-17(15-19)16-28-25(30)21-12-3-4-13-22(21)26(28)31/h1-5,7-8,10-13,15,23H,6,9,14,16H2,(H,27,29). The van der Waals surface area contributed by atoms with Crippen LogP contribution in [0, 0.1) is 0 Å². The molecule has 1 aliphatic heterocycles. The largest absolute Gasteiger partial charge is 0.345 e. The molecule has 0 aromatic heterocycles. The van der Waals surface area contributed by atoms with Gasteiger partial charge in [0, 0.05) is 5.56 Å². The molecule has 2 aliphatic rings. The summed E-state index contributed by atoms with van der Waals surface area (Å²) in [6.45, 7) is 0.139. The Bertz CT molecular complexity index is 1170. The van der Waals surface area contributed by atoms with Crippen LogP contribution in [0.2, 0.25) is 0 Å². The third-order valence-corrected chi connectivity index (χ3v) is 6.08. The van der Waals surface area contributed by atoms with Crippen molar-refractivity contribution in [3.8, 4) is 0 Å². The average molecular weight is 410 g/mol. The van der Waals surface area contributed by atoms with Crippen molar-refractivity contribution < 1.29 is 14.4 Å². The maximum absolute atomic E-state index is 13.0. The Hall–Kier alpha value is -3.73. The van der Waals surface area contributed by atoms with Crippen molar-refractivity contribution in [2.75, 3.05) is 0 Å². The summed E-state index contributed by atoms with van der Waals surface area (Å²) in [4.78, 5) is 39.5. The minimum absolute atomic E-state index is 0.00246. The fourth-order valence-corrected chi connectivity index (χ4v) is 4.52. The number of hydrogen-bond acceptors (Lipinski definition) is 3. The quantitative estimate of drug-likeness (QED) is 0.653. The highest BCUT2D eigenvalue weighted by Gasteiger charge is 2.35. The van der Waals surface area contributed by atoms with Crippen LogP contribution < -0.4 is 5.32 Å². The van der Waals surface area contributed by atoms with Crippen LogP contribution in [-0.2, 0) is 13.0 Å². The van der Waals surface area contributed by atoms with Gasteiger partial charge >= 0.3 is 0 Å². The van der Waals surface area contributed by atoms with Crippen LogP contribution in [0.5, 0.6) is 0 Å². The first-order chi connectivity index (χ1) is 15.1. The lowest BCUT2D eigenvalue weighted by Gasteiger charge is -2.26. The predicted octanol–water partition coefficient (Wildman–Crippen LogP) is 4.29. The number of imide groups is 1. The lowest BCUT2D eigenvalue weighted by Crippen LogP contribution is -2.31. The van der Waals surface area contributed by atoms with E-state index in [0.29, 0.717) is 16.7 Å². The van der Waals surface area contributed by atoms with Crippen LogP contribution in [0.1, 0.15) is 66.6 Å². The molecule has 0 saturated heterocycles. The highest BCUT2D eigenvalue weighted by Crippen LogP contribution is 2.30. The molecule has 1 atom stereocenters. The number of benzene rings is 3. The first-order valence-electron chi connectivity index (χ1n) is 10.5. The van der Waals surface area contributed by atoms with Crippen molar-refractivity contribution in [1.82, 2.24) is 10.2 Å². The lowest BCUT2D eigenvalue weighted by atomic mass is 9.87. The van der Waals surface area contributed by atoms with E-state index in [-0.39, 0.29) is 30.3 Å². The summed E-state index contributed by atoms with van der Waals surface area (Å²) in [7, 11) is 0. The SMILES string of the molecule is O=C(NC1CCCc2ccccc21)c1cccc(CN2C(=O)c3ccccc3C2=O)c1. The van der Waals surface area contributed by atoms with E-state index >= 15 is 0 Å². The van der Waals surface area contributed by atoms with Crippen molar-refractivity contribution in [1.29, 1.82) is 0 Å². The second kappa shape index (κ2) is 7.84. The molecule has 0 spiro atoms. The van der Waals surface area contributed by atoms with Gasteiger partial charge in [0.05, 0.1) is 23.7 Å². The number of hydrogen-bond donors (Lipinski definition) is 1. The average Bonchev–Trinajstić information content (AvgIpc) is 3.04. The number of nitrogens with zero attached hydrogens (tertiary/aromatic N) is 1. The molecule has 1 N–H and O–H groups in total. The van der Waals surface area contributed by atoms with E-state index in [0.717, 1.165) is 24.8 Å². The summed E-state index contributed by atoms with van der Waals surface area (Å²) in [6.07, 6.45) is 3.00. The first kappa shape index (κ1) is 19.2. The van der Waals surface area contributed by atoms with Gasteiger partial charge in [-0.1, -0.05) is 48.5 Å². The van der Waals surface area contributed by atoms with Gasteiger partial charge in [0.25, 0.3) is 17.7 Å². The minimum Gasteiger partial charge on any atom is -0.345 e. The Morgan fingerprint density at radius 1 is 0.903 bits per heavy atom. The zero-order valence-corrected chi connectivity index (χ0v) is 17.0. The maximum Gasteiger partial charge on any atom is 0.261 e. The summed E-state index contributed by atoms with van der Waals surface area (Å²) < 4.78 is 0. The van der Waals surface area contributed by atoms with Crippen LogP contribution in [-0.4, -0.2) is 22.6 Å². The Morgan fingerprint density at radius 2 is 1.61 bits per heavy atom. The summed E-state index contributed by atoms with van der Waals surface area (Å²) >= 11 is 0. The Labute approximate surface area is 180 Å². The molecule has 3 aromatic rings. The molecule has 3 aromatic carbocycles. The molecule has 3 amide bonds. The van der Waals surface area contributed by atoms with Gasteiger partial charge in [-0.05, 0) is 60.2 Å². The summed E-state index contributed by atoms with van der Waals surface area (Å²) in [5.41, 5.74) is 4.60. The van der Waals surface area contributed by atoms with Gasteiger partial charge in [0.15, 0.2) is 0 Å². The van der Waals surface area contributed by atoms with Crippen LogP contribution >= 0.6 is 0 Å². The van der Waals surface area contributed by atoms with Gasteiger partial charge in [0.2, 0.25) is 0 Å². The van der Waals surface area contributed by atoms with Gasteiger partial charge in [-0.25, -0.2) is 0 Å². The molecule has 0 bridgehead atoms. The molecule has 5 nitrogen and oxygen atoms in total. The fourth-order valence-electron chi connectivity index (χ4n) is 4.52. The molecule has 1 unspecified atom stereocenters. The molecular weight excluding hydrogens is 388 g/mol. The number of rotatable bonds is 4. The first-order valence-corrected chi connectivity index (χ1v) is 10.5. The molecule has 31 heavy (non-hydrogen) atoms. The topological polar surface area (TPSA) is 66.5 Å². The number of carbonyl (C=O) groups is 3. The van der Waals surface area contributed by atoms with Crippen molar-refractivity contribution in [3.63, 3.8) is 0 Å². The van der Waals surface area contributed by atoms with Gasteiger partial charge in [-0.15, -0.1) is 0 Å². The normalized spacial score (nSPS) is 17.3. The number of amides is 3. The Balaban J connectivity index is 1.33. The van der Waals surface area contributed by atoms with Gasteiger partial charge in [0.1, 0.15) is 0 Å². The summed E-state index contributed by atoms with van der Waals surface area (Å²) in [5.74, 6) is -0.741. The maximum atomic E-state index is 13.0.